The van der Waals surface area contributed by atoms with Crippen LogP contribution in [0.4, 0.5) is 4.39 Å². The van der Waals surface area contributed by atoms with Gasteiger partial charge in [-0.3, -0.25) is 0 Å². The minimum absolute atomic E-state index is 0.195. The van der Waals surface area contributed by atoms with Gasteiger partial charge in [0.05, 0.1) is 5.02 Å². The molecular weight excluding hydrogens is 321 g/mol. The third-order valence-corrected chi connectivity index (χ3v) is 5.22. The minimum atomic E-state index is -0.729. The first-order valence-corrected chi connectivity index (χ1v) is 8.81. The second-order valence-electron chi connectivity index (χ2n) is 7.06. The molecule has 22 heavy (non-hydrogen) atoms. The maximum absolute atomic E-state index is 13.1. The summed E-state index contributed by atoms with van der Waals surface area (Å²) in [5.41, 5.74) is 0.674. The predicted molar refractivity (Wildman–Crippen MR) is 89.3 cm³/mol. The first-order valence-electron chi connectivity index (χ1n) is 7.15. The summed E-state index contributed by atoms with van der Waals surface area (Å²) in [5, 5.41) is 4.54. The maximum Gasteiger partial charge on any atom is 0.168 e. The van der Waals surface area contributed by atoms with Crippen molar-refractivity contribution in [1.29, 1.82) is 0 Å². The van der Waals surface area contributed by atoms with E-state index < -0.39 is 15.4 Å². The summed E-state index contributed by atoms with van der Waals surface area (Å²) in [7, 11) is -0.729. The molecule has 1 aromatic carbocycles. The second-order valence-corrected chi connectivity index (χ2v) is 10.2. The predicted octanol–water partition coefficient (Wildman–Crippen LogP) is 4.69. The van der Waals surface area contributed by atoms with Crippen LogP contribution in [-0.2, 0) is 10.0 Å². The van der Waals surface area contributed by atoms with E-state index in [1.165, 1.54) is 12.1 Å². The molecule has 0 saturated heterocycles. The van der Waals surface area contributed by atoms with E-state index in [0.717, 1.165) is 0 Å². The molecule has 0 aliphatic carbocycles. The van der Waals surface area contributed by atoms with Crippen molar-refractivity contribution in [1.82, 2.24) is 5.16 Å². The van der Waals surface area contributed by atoms with Crippen molar-refractivity contribution in [2.24, 2.45) is 0 Å². The van der Waals surface area contributed by atoms with E-state index >= 15 is 0 Å². The van der Waals surface area contributed by atoms with Crippen LogP contribution in [0.2, 0.25) is 10.1 Å². The molecule has 2 rings (SSSR count). The number of rotatable bonds is 4. The number of hydrogen-bond acceptors (Lipinski definition) is 3. The van der Waals surface area contributed by atoms with Gasteiger partial charge in [0.2, 0.25) is 0 Å². The lowest BCUT2D eigenvalue weighted by Gasteiger charge is -2.27. The molecule has 0 atom stereocenters. The summed E-state index contributed by atoms with van der Waals surface area (Å²) in [6, 6.07) is 6.01. The lowest BCUT2D eigenvalue weighted by atomic mass is 10.0. The van der Waals surface area contributed by atoms with Crippen LogP contribution in [0.1, 0.15) is 40.4 Å². The van der Waals surface area contributed by atoms with E-state index in [9.17, 15) is 4.39 Å². The first-order chi connectivity index (χ1) is 10.1. The second kappa shape index (κ2) is 6.14. The topological polar surface area (TPSA) is 35.3 Å². The van der Waals surface area contributed by atoms with Crippen LogP contribution in [0.25, 0.3) is 11.3 Å². The lowest BCUT2D eigenvalue weighted by molar-refractivity contribution is 0.0752. The van der Waals surface area contributed by atoms with Crippen molar-refractivity contribution in [3.05, 3.63) is 40.9 Å². The minimum Gasteiger partial charge on any atom is -0.411 e. The zero-order valence-corrected chi connectivity index (χ0v) is 15.7. The van der Waals surface area contributed by atoms with Crippen LogP contribution in [0.5, 0.6) is 0 Å². The highest BCUT2D eigenvalue weighted by atomic mass is 35.5. The van der Waals surface area contributed by atoms with Crippen LogP contribution < -0.4 is 0 Å². The third-order valence-electron chi connectivity index (χ3n) is 3.18. The number of hydrogen-bond donors (Lipinski definition) is 0. The van der Waals surface area contributed by atoms with Gasteiger partial charge in [-0.2, -0.15) is 0 Å². The smallest absolute Gasteiger partial charge is 0.168 e. The van der Waals surface area contributed by atoms with Gasteiger partial charge in [-0.1, -0.05) is 37.5 Å². The van der Waals surface area contributed by atoms with Crippen molar-refractivity contribution in [2.75, 3.05) is 0 Å². The quantitative estimate of drug-likeness (QED) is 0.757. The molecule has 0 N–H and O–H groups in total. The summed E-state index contributed by atoms with van der Waals surface area (Å²) in [6.45, 7) is 10.4. The molecular formula is C16H21ClFNO2Si. The summed E-state index contributed by atoms with van der Waals surface area (Å²) < 4.78 is 24.6. The van der Waals surface area contributed by atoms with Gasteiger partial charge in [0.15, 0.2) is 15.5 Å². The Labute approximate surface area is 137 Å². The van der Waals surface area contributed by atoms with Crippen molar-refractivity contribution in [3.63, 3.8) is 0 Å². The number of nitrogens with zero attached hydrogens (tertiary/aromatic N) is 1. The molecule has 0 fully saturated rings. The highest BCUT2D eigenvalue weighted by Crippen LogP contribution is 2.33. The van der Waals surface area contributed by atoms with Crippen molar-refractivity contribution in [3.8, 4) is 11.3 Å². The molecule has 1 aromatic heterocycles. The molecule has 120 valence electrons. The van der Waals surface area contributed by atoms with Gasteiger partial charge in [0, 0.05) is 11.6 Å². The van der Waals surface area contributed by atoms with Crippen LogP contribution in [-0.4, -0.2) is 14.9 Å². The monoisotopic (exact) mass is 341 g/mol. The Balaban J connectivity index is 2.23. The van der Waals surface area contributed by atoms with E-state index in [0.29, 0.717) is 22.0 Å². The first kappa shape index (κ1) is 17.2. The van der Waals surface area contributed by atoms with Gasteiger partial charge in [0.1, 0.15) is 17.1 Å². The summed E-state index contributed by atoms with van der Waals surface area (Å²) in [6.07, 6.45) is 0. The van der Waals surface area contributed by atoms with Crippen molar-refractivity contribution < 1.29 is 13.3 Å². The Morgan fingerprint density at radius 2 is 1.86 bits per heavy atom. The Morgan fingerprint density at radius 1 is 1.18 bits per heavy atom. The molecule has 0 radical (unpaired) electrons. The summed E-state index contributed by atoms with van der Waals surface area (Å²) in [5.74, 6) is 0.261. The van der Waals surface area contributed by atoms with Gasteiger partial charge < -0.3 is 8.95 Å². The van der Waals surface area contributed by atoms with E-state index in [-0.39, 0.29) is 10.9 Å². The van der Waals surface area contributed by atoms with Crippen molar-refractivity contribution >= 4 is 21.4 Å². The van der Waals surface area contributed by atoms with Gasteiger partial charge in [-0.05, 0) is 37.1 Å². The van der Waals surface area contributed by atoms with Crippen LogP contribution in [0.15, 0.2) is 28.8 Å². The molecule has 0 saturated carbocycles. The van der Waals surface area contributed by atoms with Gasteiger partial charge in [-0.25, -0.2) is 4.39 Å². The fourth-order valence-corrected chi connectivity index (χ4v) is 3.05. The Morgan fingerprint density at radius 3 is 2.45 bits per heavy atom. The zero-order chi connectivity index (χ0) is 16.5. The van der Waals surface area contributed by atoms with Crippen LogP contribution in [0, 0.1) is 5.82 Å². The highest BCUT2D eigenvalue weighted by molar-refractivity contribution is 6.33. The fourth-order valence-electron chi connectivity index (χ4n) is 1.85. The standard InChI is InChI=1S/C16H21ClFNO2Si/c1-15(2,3)22-21-16(4,5)14-9-13(19-20-14)11-7-6-10(18)8-12(11)17/h6-9H,22H2,1-5H3. The number of benzene rings is 1. The maximum atomic E-state index is 13.1. The zero-order valence-electron chi connectivity index (χ0n) is 13.5. The average Bonchev–Trinajstić information content (AvgIpc) is 2.86. The molecule has 0 amide bonds. The molecule has 0 unspecified atom stereocenters. The lowest BCUT2D eigenvalue weighted by Crippen LogP contribution is -2.27. The molecule has 0 spiro atoms. The van der Waals surface area contributed by atoms with E-state index in [2.05, 4.69) is 25.9 Å². The number of aromatic nitrogens is 1. The van der Waals surface area contributed by atoms with Gasteiger partial charge in [-0.15, -0.1) is 0 Å². The Hall–Kier alpha value is -1.17. The van der Waals surface area contributed by atoms with Gasteiger partial charge >= 0.3 is 0 Å². The molecule has 0 aliphatic heterocycles. The molecule has 0 aliphatic rings. The average molecular weight is 342 g/mol. The fraction of sp³-hybridized carbons (Fsp3) is 0.438. The molecule has 3 nitrogen and oxygen atoms in total. The van der Waals surface area contributed by atoms with Gasteiger partial charge in [0.25, 0.3) is 0 Å². The normalized spacial score (nSPS) is 13.2. The van der Waals surface area contributed by atoms with Crippen molar-refractivity contribution in [2.45, 2.75) is 45.3 Å². The molecule has 2 aromatic rings. The largest absolute Gasteiger partial charge is 0.411 e. The van der Waals surface area contributed by atoms with E-state index in [4.69, 9.17) is 20.6 Å². The number of halogens is 2. The molecule has 1 heterocycles. The summed E-state index contributed by atoms with van der Waals surface area (Å²) >= 11 is 6.06. The molecule has 6 heteroatoms. The SMILES string of the molecule is CC(C)(C)[SiH2]OC(C)(C)c1cc(-c2ccc(F)cc2Cl)no1. The molecule has 0 bridgehead atoms. The van der Waals surface area contributed by atoms with E-state index in [1.54, 1.807) is 12.1 Å². The van der Waals surface area contributed by atoms with Crippen LogP contribution in [0.3, 0.4) is 0 Å². The highest BCUT2D eigenvalue weighted by Gasteiger charge is 2.29. The Bertz CT molecular complexity index is 664. The summed E-state index contributed by atoms with van der Waals surface area (Å²) in [4.78, 5) is 0. The van der Waals surface area contributed by atoms with E-state index in [1.807, 2.05) is 13.8 Å². The van der Waals surface area contributed by atoms with Crippen LogP contribution >= 0.6 is 11.6 Å². The third kappa shape index (κ3) is 4.18. The Kier molecular flexibility index (Phi) is 4.80.